The number of phenols is 3. The smallest absolute Gasteiger partial charge is 0.163 e. The number of fused-ring (bicyclic) bond motifs is 1. The fourth-order valence-corrected chi connectivity index (χ4v) is 2.14. The quantitative estimate of drug-likeness (QED) is 0.660. The highest BCUT2D eigenvalue weighted by atomic mass is 16.3. The number of hydrogen-bond acceptors (Lipinski definition) is 4. The molecule has 4 heteroatoms. The van der Waals surface area contributed by atoms with Crippen LogP contribution in [0.1, 0.15) is 22.8 Å². The number of aryl methyl sites for hydroxylation is 1. The SMILES string of the molecule is CC(=O)c1c(O)cc2cc(O)cc(O)c2c1C. The summed E-state index contributed by atoms with van der Waals surface area (Å²) in [5.74, 6) is -0.619. The molecule has 3 N–H and O–H groups in total. The molecule has 0 spiro atoms. The predicted molar refractivity (Wildman–Crippen MR) is 63.7 cm³/mol. The second kappa shape index (κ2) is 3.66. The van der Waals surface area contributed by atoms with Gasteiger partial charge >= 0.3 is 0 Å². The van der Waals surface area contributed by atoms with Gasteiger partial charge in [-0.1, -0.05) is 0 Å². The van der Waals surface area contributed by atoms with Crippen LogP contribution in [0.2, 0.25) is 0 Å². The zero-order chi connectivity index (χ0) is 12.7. The van der Waals surface area contributed by atoms with Gasteiger partial charge in [-0.3, -0.25) is 4.79 Å². The first-order chi connectivity index (χ1) is 7.91. The summed E-state index contributed by atoms with van der Waals surface area (Å²) in [6, 6.07) is 3.99. The lowest BCUT2D eigenvalue weighted by atomic mass is 9.96. The van der Waals surface area contributed by atoms with Crippen LogP contribution in [-0.2, 0) is 0 Å². The van der Waals surface area contributed by atoms with Crippen LogP contribution in [0.5, 0.6) is 17.2 Å². The molecule has 0 bridgehead atoms. The average molecular weight is 232 g/mol. The van der Waals surface area contributed by atoms with Gasteiger partial charge < -0.3 is 15.3 Å². The van der Waals surface area contributed by atoms with Gasteiger partial charge in [0.05, 0.1) is 5.56 Å². The van der Waals surface area contributed by atoms with E-state index >= 15 is 0 Å². The Balaban J connectivity index is 2.97. The van der Waals surface area contributed by atoms with Crippen LogP contribution in [0.3, 0.4) is 0 Å². The fourth-order valence-electron chi connectivity index (χ4n) is 2.14. The first-order valence-electron chi connectivity index (χ1n) is 5.11. The normalized spacial score (nSPS) is 10.7. The molecule has 0 amide bonds. The van der Waals surface area contributed by atoms with Crippen molar-refractivity contribution in [3.05, 3.63) is 29.3 Å². The number of aromatic hydroxyl groups is 3. The molecule has 0 atom stereocenters. The Morgan fingerprint density at radius 1 is 1.06 bits per heavy atom. The molecule has 4 nitrogen and oxygen atoms in total. The highest BCUT2D eigenvalue weighted by molar-refractivity contribution is 6.05. The molecular formula is C13H12O4. The molecule has 2 rings (SSSR count). The summed E-state index contributed by atoms with van der Waals surface area (Å²) in [5, 5.41) is 29.8. The van der Waals surface area contributed by atoms with Crippen LogP contribution >= 0.6 is 0 Å². The van der Waals surface area contributed by atoms with Gasteiger partial charge in [-0.15, -0.1) is 0 Å². The number of rotatable bonds is 1. The number of Topliss-reactive ketones (excluding diaryl/α,β-unsaturated/α-hetero) is 1. The highest BCUT2D eigenvalue weighted by Crippen LogP contribution is 2.37. The standard InChI is InChI=1S/C13H12O4/c1-6-12(7(2)14)10(16)4-8-3-9(15)5-11(17)13(6)8/h3-5,15-17H,1-2H3. The van der Waals surface area contributed by atoms with Crippen LogP contribution < -0.4 is 0 Å². The number of carbonyl (C=O) groups excluding carboxylic acids is 1. The number of benzene rings is 2. The maximum atomic E-state index is 11.4. The van der Waals surface area contributed by atoms with E-state index in [0.29, 0.717) is 16.3 Å². The van der Waals surface area contributed by atoms with Gasteiger partial charge in [0.2, 0.25) is 0 Å². The second-order valence-corrected chi connectivity index (χ2v) is 4.01. The lowest BCUT2D eigenvalue weighted by Gasteiger charge is -2.11. The van der Waals surface area contributed by atoms with Crippen molar-refractivity contribution in [1.82, 2.24) is 0 Å². The monoisotopic (exact) mass is 232 g/mol. The van der Waals surface area contributed by atoms with Crippen LogP contribution in [0.15, 0.2) is 18.2 Å². The summed E-state index contributed by atoms with van der Waals surface area (Å²) in [7, 11) is 0. The molecule has 0 saturated heterocycles. The van der Waals surface area contributed by atoms with Crippen LogP contribution in [0.25, 0.3) is 10.8 Å². The van der Waals surface area contributed by atoms with Crippen molar-refractivity contribution in [3.8, 4) is 17.2 Å². The third-order valence-corrected chi connectivity index (χ3v) is 2.78. The molecule has 0 fully saturated rings. The third-order valence-electron chi connectivity index (χ3n) is 2.78. The molecule has 0 saturated carbocycles. The van der Waals surface area contributed by atoms with Crippen molar-refractivity contribution in [3.63, 3.8) is 0 Å². The maximum absolute atomic E-state index is 11.4. The summed E-state index contributed by atoms with van der Waals surface area (Å²) >= 11 is 0. The topological polar surface area (TPSA) is 77.8 Å². The van der Waals surface area contributed by atoms with Gasteiger partial charge in [-0.2, -0.15) is 0 Å². The van der Waals surface area contributed by atoms with Gasteiger partial charge in [0.25, 0.3) is 0 Å². The molecule has 2 aromatic carbocycles. The van der Waals surface area contributed by atoms with Crippen molar-refractivity contribution in [2.45, 2.75) is 13.8 Å². The third kappa shape index (κ3) is 1.67. The van der Waals surface area contributed by atoms with E-state index < -0.39 is 0 Å². The van der Waals surface area contributed by atoms with Gasteiger partial charge in [0.15, 0.2) is 5.78 Å². The minimum absolute atomic E-state index is 0.0932. The molecule has 2 aromatic rings. The van der Waals surface area contributed by atoms with E-state index in [9.17, 15) is 20.1 Å². The Labute approximate surface area is 97.8 Å². The molecule has 0 radical (unpaired) electrons. The Bertz CT molecular complexity index is 629. The predicted octanol–water partition coefficient (Wildman–Crippen LogP) is 2.47. The number of phenolic OH excluding ortho intramolecular Hbond substituents is 3. The fraction of sp³-hybridized carbons (Fsp3) is 0.154. The van der Waals surface area contributed by atoms with Gasteiger partial charge in [-0.05, 0) is 36.9 Å². The molecule has 0 aromatic heterocycles. The zero-order valence-corrected chi connectivity index (χ0v) is 9.48. The van der Waals surface area contributed by atoms with E-state index in [1.807, 2.05) is 0 Å². The van der Waals surface area contributed by atoms with Gasteiger partial charge in [0, 0.05) is 11.5 Å². The maximum Gasteiger partial charge on any atom is 0.163 e. The first kappa shape index (κ1) is 11.3. The molecule has 88 valence electrons. The lowest BCUT2D eigenvalue weighted by Crippen LogP contribution is -1.98. The van der Waals surface area contributed by atoms with Crippen molar-refractivity contribution in [1.29, 1.82) is 0 Å². The lowest BCUT2D eigenvalue weighted by molar-refractivity contribution is 0.101. The average Bonchev–Trinajstić information content (AvgIpc) is 2.13. The van der Waals surface area contributed by atoms with Crippen LogP contribution in [0, 0.1) is 6.92 Å². The summed E-state index contributed by atoms with van der Waals surface area (Å²) in [5.41, 5.74) is 0.698. The Morgan fingerprint density at radius 2 is 1.71 bits per heavy atom. The largest absolute Gasteiger partial charge is 0.508 e. The van der Waals surface area contributed by atoms with E-state index in [0.717, 1.165) is 0 Å². The Kier molecular flexibility index (Phi) is 2.42. The van der Waals surface area contributed by atoms with Crippen molar-refractivity contribution >= 4 is 16.6 Å². The van der Waals surface area contributed by atoms with Crippen molar-refractivity contribution < 1.29 is 20.1 Å². The number of carbonyl (C=O) groups is 1. The molecular weight excluding hydrogens is 220 g/mol. The van der Waals surface area contributed by atoms with E-state index in [1.54, 1.807) is 6.92 Å². The molecule has 17 heavy (non-hydrogen) atoms. The minimum Gasteiger partial charge on any atom is -0.508 e. The molecule has 0 aliphatic heterocycles. The molecule has 0 heterocycles. The molecule has 0 unspecified atom stereocenters. The highest BCUT2D eigenvalue weighted by Gasteiger charge is 2.16. The summed E-state index contributed by atoms with van der Waals surface area (Å²) in [6.45, 7) is 3.00. The van der Waals surface area contributed by atoms with Crippen molar-refractivity contribution in [2.75, 3.05) is 0 Å². The Morgan fingerprint density at radius 3 is 2.29 bits per heavy atom. The number of hydrogen-bond donors (Lipinski definition) is 3. The van der Waals surface area contributed by atoms with E-state index in [-0.39, 0.29) is 28.6 Å². The van der Waals surface area contributed by atoms with E-state index in [1.165, 1.54) is 25.1 Å². The Hall–Kier alpha value is -2.23. The first-order valence-corrected chi connectivity index (χ1v) is 5.11. The van der Waals surface area contributed by atoms with E-state index in [2.05, 4.69) is 0 Å². The summed E-state index contributed by atoms with van der Waals surface area (Å²) in [6.07, 6.45) is 0. The minimum atomic E-state index is -0.269. The summed E-state index contributed by atoms with van der Waals surface area (Å²) in [4.78, 5) is 11.4. The molecule has 0 aliphatic rings. The second-order valence-electron chi connectivity index (χ2n) is 4.01. The number of ketones is 1. The van der Waals surface area contributed by atoms with E-state index in [4.69, 9.17) is 0 Å². The van der Waals surface area contributed by atoms with Crippen molar-refractivity contribution in [2.24, 2.45) is 0 Å². The van der Waals surface area contributed by atoms with Crippen LogP contribution in [-0.4, -0.2) is 21.1 Å². The molecule has 0 aliphatic carbocycles. The zero-order valence-electron chi connectivity index (χ0n) is 9.48. The van der Waals surface area contributed by atoms with Gasteiger partial charge in [-0.25, -0.2) is 0 Å². The van der Waals surface area contributed by atoms with Gasteiger partial charge in [0.1, 0.15) is 17.2 Å². The van der Waals surface area contributed by atoms with Crippen LogP contribution in [0.4, 0.5) is 0 Å². The summed E-state index contributed by atoms with van der Waals surface area (Å²) < 4.78 is 0.